The van der Waals surface area contributed by atoms with Crippen molar-refractivity contribution in [1.29, 1.82) is 0 Å². The Morgan fingerprint density at radius 2 is 2.00 bits per heavy atom. The summed E-state index contributed by atoms with van der Waals surface area (Å²) in [7, 11) is -3.97. The number of fused-ring (bicyclic) bond motifs is 3. The van der Waals surface area contributed by atoms with E-state index < -0.39 is 10.1 Å². The average Bonchev–Trinajstić information content (AvgIpc) is 3.05. The van der Waals surface area contributed by atoms with Crippen LogP contribution < -0.4 is 4.68 Å². The molecule has 2 aromatic heterocycles. The quantitative estimate of drug-likeness (QED) is 0.537. The Morgan fingerprint density at radius 3 is 2.78 bits per heavy atom. The molecule has 0 amide bonds. The Labute approximate surface area is 157 Å². The van der Waals surface area contributed by atoms with Crippen LogP contribution in [0.2, 0.25) is 0 Å². The predicted octanol–water partition coefficient (Wildman–Crippen LogP) is 2.17. The Bertz CT molecular complexity index is 1100. The minimum Gasteiger partial charge on any atom is -0.286 e. The number of nitrogens with zero attached hydrogens (tertiary/aromatic N) is 4. The van der Waals surface area contributed by atoms with E-state index >= 15 is 0 Å². The van der Waals surface area contributed by atoms with Gasteiger partial charge in [0.1, 0.15) is 6.54 Å². The molecule has 0 spiro atoms. The molecule has 1 N–H and O–H groups in total. The van der Waals surface area contributed by atoms with Crippen molar-refractivity contribution in [2.24, 2.45) is 0 Å². The van der Waals surface area contributed by atoms with Crippen LogP contribution in [0.1, 0.15) is 36.1 Å². The van der Waals surface area contributed by atoms with Gasteiger partial charge in [0.05, 0.1) is 11.4 Å². The van der Waals surface area contributed by atoms with E-state index in [9.17, 15) is 8.42 Å². The normalized spacial score (nSPS) is 16.0. The third-order valence-electron chi connectivity index (χ3n) is 4.73. The highest BCUT2D eigenvalue weighted by atomic mass is 32.2. The van der Waals surface area contributed by atoms with Gasteiger partial charge in [-0.3, -0.25) is 4.55 Å². The molecule has 0 bridgehead atoms. The number of allylic oxidation sites excluding steroid dienone is 1. The van der Waals surface area contributed by atoms with Crippen LogP contribution in [-0.2, 0) is 23.1 Å². The molecule has 1 aliphatic carbocycles. The fourth-order valence-electron chi connectivity index (χ4n) is 3.56. The molecule has 3 aromatic rings. The summed E-state index contributed by atoms with van der Waals surface area (Å²) < 4.78 is 34.8. The lowest BCUT2D eigenvalue weighted by Crippen LogP contribution is -2.41. The highest BCUT2D eigenvalue weighted by Gasteiger charge is 2.24. The van der Waals surface area contributed by atoms with E-state index in [0.29, 0.717) is 18.7 Å². The molecule has 27 heavy (non-hydrogen) atoms. The SMILES string of the molecule is O=S(=O)(O)CCC[n+]1cnc2ncc3c(n21)C(=Cc1ccccc1)CCC3. The molecule has 2 heterocycles. The molecule has 0 saturated carbocycles. The largest absolute Gasteiger partial charge is 0.381 e. The molecule has 4 rings (SSSR count). The Balaban J connectivity index is 1.78. The number of benzene rings is 1. The summed E-state index contributed by atoms with van der Waals surface area (Å²) in [4.78, 5) is 8.81. The molecule has 1 aliphatic rings. The average molecular weight is 385 g/mol. The third kappa shape index (κ3) is 3.91. The topological polar surface area (TPSA) is 88.4 Å². The number of aryl methyl sites for hydroxylation is 2. The van der Waals surface area contributed by atoms with Crippen molar-refractivity contribution in [3.05, 3.63) is 59.7 Å². The van der Waals surface area contributed by atoms with Crippen LogP contribution in [0.15, 0.2) is 42.9 Å². The molecule has 0 fully saturated rings. The van der Waals surface area contributed by atoms with Gasteiger partial charge in [0.25, 0.3) is 10.1 Å². The molecule has 140 valence electrons. The summed E-state index contributed by atoms with van der Waals surface area (Å²) in [6.45, 7) is 0.428. The highest BCUT2D eigenvalue weighted by Crippen LogP contribution is 2.31. The molecule has 7 nitrogen and oxygen atoms in total. The first-order chi connectivity index (χ1) is 13.0. The van der Waals surface area contributed by atoms with Gasteiger partial charge in [-0.1, -0.05) is 30.3 Å². The molecule has 8 heteroatoms. The van der Waals surface area contributed by atoms with E-state index in [1.54, 1.807) is 6.33 Å². The van der Waals surface area contributed by atoms with E-state index in [4.69, 9.17) is 4.55 Å². The van der Waals surface area contributed by atoms with Crippen LogP contribution in [0.5, 0.6) is 0 Å². The van der Waals surface area contributed by atoms with Gasteiger partial charge >= 0.3 is 12.1 Å². The van der Waals surface area contributed by atoms with E-state index in [-0.39, 0.29) is 5.75 Å². The van der Waals surface area contributed by atoms with Crippen molar-refractivity contribution in [2.45, 2.75) is 32.2 Å². The second-order valence-electron chi connectivity index (χ2n) is 6.72. The second kappa shape index (κ2) is 7.21. The number of hydrogen-bond donors (Lipinski definition) is 1. The van der Waals surface area contributed by atoms with Crippen LogP contribution in [0.25, 0.3) is 17.4 Å². The summed E-state index contributed by atoms with van der Waals surface area (Å²) in [5, 5.41) is 0. The van der Waals surface area contributed by atoms with E-state index in [0.717, 1.165) is 36.1 Å². The molecular formula is C19H21N4O3S+. The van der Waals surface area contributed by atoms with Gasteiger partial charge in [-0.25, -0.2) is 0 Å². The lowest BCUT2D eigenvalue weighted by Gasteiger charge is -2.19. The fourth-order valence-corrected chi connectivity index (χ4v) is 4.05. The third-order valence-corrected chi connectivity index (χ3v) is 5.54. The van der Waals surface area contributed by atoms with Gasteiger partial charge < -0.3 is 0 Å². The first-order valence-corrected chi connectivity index (χ1v) is 10.6. The lowest BCUT2D eigenvalue weighted by atomic mass is 9.91. The van der Waals surface area contributed by atoms with E-state index in [2.05, 4.69) is 28.2 Å². The second-order valence-corrected chi connectivity index (χ2v) is 8.30. The predicted molar refractivity (Wildman–Crippen MR) is 101 cm³/mol. The van der Waals surface area contributed by atoms with Gasteiger partial charge in [-0.2, -0.15) is 13.4 Å². The van der Waals surface area contributed by atoms with Crippen molar-refractivity contribution >= 4 is 27.5 Å². The first-order valence-electron chi connectivity index (χ1n) is 8.97. The van der Waals surface area contributed by atoms with Crippen molar-refractivity contribution < 1.29 is 17.7 Å². The smallest absolute Gasteiger partial charge is 0.286 e. The zero-order valence-corrected chi connectivity index (χ0v) is 15.6. The van der Waals surface area contributed by atoms with Crippen LogP contribution in [-0.4, -0.2) is 33.2 Å². The van der Waals surface area contributed by atoms with Crippen molar-refractivity contribution in [1.82, 2.24) is 14.5 Å². The van der Waals surface area contributed by atoms with Crippen molar-refractivity contribution in [2.75, 3.05) is 5.75 Å². The monoisotopic (exact) mass is 385 g/mol. The van der Waals surface area contributed by atoms with Crippen LogP contribution in [0.3, 0.4) is 0 Å². The Morgan fingerprint density at radius 1 is 1.19 bits per heavy atom. The minimum absolute atomic E-state index is 0.275. The molecule has 0 radical (unpaired) electrons. The summed E-state index contributed by atoms with van der Waals surface area (Å²) in [6.07, 6.45) is 9.03. The molecule has 0 saturated heterocycles. The summed E-state index contributed by atoms with van der Waals surface area (Å²) in [5.41, 5.74) is 4.61. The highest BCUT2D eigenvalue weighted by molar-refractivity contribution is 7.85. The maximum Gasteiger partial charge on any atom is 0.381 e. The first kappa shape index (κ1) is 17.8. The Hall–Kier alpha value is -2.58. The number of hydrogen-bond acceptors (Lipinski definition) is 4. The van der Waals surface area contributed by atoms with Crippen LogP contribution in [0, 0.1) is 0 Å². The maximum atomic E-state index is 11.0. The van der Waals surface area contributed by atoms with Crippen LogP contribution >= 0.6 is 0 Å². The molecule has 1 aromatic carbocycles. The van der Waals surface area contributed by atoms with Gasteiger partial charge in [0, 0.05) is 12.6 Å². The van der Waals surface area contributed by atoms with Gasteiger partial charge in [0.2, 0.25) is 0 Å². The minimum atomic E-state index is -3.97. The molecule has 0 atom stereocenters. The fraction of sp³-hybridized carbons (Fsp3) is 0.316. The summed E-state index contributed by atoms with van der Waals surface area (Å²) in [6, 6.07) is 10.2. The van der Waals surface area contributed by atoms with Crippen LogP contribution in [0.4, 0.5) is 0 Å². The number of rotatable bonds is 5. The van der Waals surface area contributed by atoms with Crippen molar-refractivity contribution in [3.63, 3.8) is 0 Å². The molecule has 0 aliphatic heterocycles. The van der Waals surface area contributed by atoms with E-state index in [1.807, 2.05) is 33.6 Å². The van der Waals surface area contributed by atoms with Gasteiger partial charge in [-0.15, -0.1) is 9.20 Å². The maximum absolute atomic E-state index is 11.0. The summed E-state index contributed by atoms with van der Waals surface area (Å²) in [5.74, 6) is 0.309. The standard InChI is InChI=1S/C19H20N4O3S/c24-27(25,26)11-5-10-22-14-21-19-20-13-17-9-4-8-16(18(17)23(19)22)12-15-6-2-1-3-7-15/h1-3,6-7,12-14H,4-5,8-11H2/p+1. The van der Waals surface area contributed by atoms with Crippen molar-refractivity contribution in [3.8, 4) is 0 Å². The number of aromatic nitrogens is 4. The molecular weight excluding hydrogens is 364 g/mol. The van der Waals surface area contributed by atoms with Gasteiger partial charge in [0.15, 0.2) is 0 Å². The Kier molecular flexibility index (Phi) is 4.75. The van der Waals surface area contributed by atoms with E-state index in [1.165, 1.54) is 5.57 Å². The summed E-state index contributed by atoms with van der Waals surface area (Å²) >= 11 is 0. The molecule has 0 unspecified atom stereocenters. The van der Waals surface area contributed by atoms with Gasteiger partial charge in [-0.05, 0) is 47.0 Å². The zero-order valence-electron chi connectivity index (χ0n) is 14.8. The zero-order chi connectivity index (χ0) is 18.9. The lowest BCUT2D eigenvalue weighted by molar-refractivity contribution is -0.761.